The van der Waals surface area contributed by atoms with Crippen molar-refractivity contribution >= 4 is 50.8 Å². The Morgan fingerprint density at radius 3 is 2.54 bits per heavy atom. The van der Waals surface area contributed by atoms with Crippen LogP contribution in [-0.4, -0.2) is 31.8 Å². The van der Waals surface area contributed by atoms with Crippen LogP contribution in [0, 0.1) is 5.92 Å². The standard InChI is InChI=1S/C19H18Cl3NO4S/c1-12-3-2-8-23(11-12)28(25,26)18-9-13(4-6-16(18)22)19(24)27-17-10-14(20)5-7-15(17)21/h4-7,9-10,12H,2-3,8,11H2,1H3/t12-/m1/s1. The summed E-state index contributed by atoms with van der Waals surface area (Å²) in [6.45, 7) is 2.85. The van der Waals surface area contributed by atoms with Crippen molar-refractivity contribution in [3.8, 4) is 5.75 Å². The molecule has 28 heavy (non-hydrogen) atoms. The van der Waals surface area contributed by atoms with Gasteiger partial charge in [0.15, 0.2) is 5.75 Å². The molecule has 0 aliphatic carbocycles. The molecule has 0 unspecified atom stereocenters. The van der Waals surface area contributed by atoms with Gasteiger partial charge in [-0.3, -0.25) is 0 Å². The average molecular weight is 463 g/mol. The molecule has 5 nitrogen and oxygen atoms in total. The largest absolute Gasteiger partial charge is 0.421 e. The Hall–Kier alpha value is -1.31. The lowest BCUT2D eigenvalue weighted by atomic mass is 10.0. The lowest BCUT2D eigenvalue weighted by Crippen LogP contribution is -2.39. The number of carbonyl (C=O) groups is 1. The van der Waals surface area contributed by atoms with Crippen molar-refractivity contribution in [1.29, 1.82) is 0 Å². The smallest absolute Gasteiger partial charge is 0.343 e. The molecule has 1 aliphatic heterocycles. The van der Waals surface area contributed by atoms with Gasteiger partial charge in [-0.25, -0.2) is 13.2 Å². The number of halogens is 3. The van der Waals surface area contributed by atoms with Crippen LogP contribution in [0.5, 0.6) is 5.75 Å². The van der Waals surface area contributed by atoms with Crippen LogP contribution in [0.2, 0.25) is 15.1 Å². The number of nitrogens with zero attached hydrogens (tertiary/aromatic N) is 1. The number of hydrogen-bond acceptors (Lipinski definition) is 4. The van der Waals surface area contributed by atoms with Gasteiger partial charge in [-0.15, -0.1) is 0 Å². The first-order chi connectivity index (χ1) is 13.2. The lowest BCUT2D eigenvalue weighted by molar-refractivity contribution is 0.0734. The molecule has 0 saturated carbocycles. The number of carbonyl (C=O) groups excluding carboxylic acids is 1. The summed E-state index contributed by atoms with van der Waals surface area (Å²) < 4.78 is 32.8. The highest BCUT2D eigenvalue weighted by molar-refractivity contribution is 7.89. The summed E-state index contributed by atoms with van der Waals surface area (Å²) in [5.41, 5.74) is 0.0454. The summed E-state index contributed by atoms with van der Waals surface area (Å²) >= 11 is 18.1. The second kappa shape index (κ2) is 8.59. The fraction of sp³-hybridized carbons (Fsp3) is 0.316. The van der Waals surface area contributed by atoms with Gasteiger partial charge in [0.05, 0.1) is 15.6 Å². The van der Waals surface area contributed by atoms with E-state index in [-0.39, 0.29) is 32.2 Å². The molecule has 0 bridgehead atoms. The molecule has 150 valence electrons. The van der Waals surface area contributed by atoms with Crippen LogP contribution in [0.1, 0.15) is 30.1 Å². The number of hydrogen-bond donors (Lipinski definition) is 0. The van der Waals surface area contributed by atoms with Gasteiger partial charge in [-0.05, 0) is 49.1 Å². The Morgan fingerprint density at radius 1 is 1.11 bits per heavy atom. The van der Waals surface area contributed by atoms with Crippen LogP contribution < -0.4 is 4.74 Å². The highest BCUT2D eigenvalue weighted by Gasteiger charge is 2.31. The number of piperidine rings is 1. The summed E-state index contributed by atoms with van der Waals surface area (Å²) in [6.07, 6.45) is 1.76. The first-order valence-corrected chi connectivity index (χ1v) is 11.2. The molecule has 0 radical (unpaired) electrons. The van der Waals surface area contributed by atoms with Gasteiger partial charge in [-0.2, -0.15) is 4.31 Å². The second-order valence-corrected chi connectivity index (χ2v) is 9.88. The number of sulfonamides is 1. The zero-order valence-corrected chi connectivity index (χ0v) is 18.1. The number of ether oxygens (including phenoxy) is 1. The molecule has 2 aromatic rings. The molecule has 1 atom stereocenters. The molecule has 1 fully saturated rings. The van der Waals surface area contributed by atoms with E-state index in [4.69, 9.17) is 39.5 Å². The first kappa shape index (κ1) is 21.4. The number of rotatable bonds is 4. The Bertz CT molecular complexity index is 1010. The third kappa shape index (κ3) is 4.63. The molecule has 0 amide bonds. The van der Waals surface area contributed by atoms with Gasteiger partial charge in [0.1, 0.15) is 4.90 Å². The normalized spacial score (nSPS) is 18.1. The topological polar surface area (TPSA) is 63.7 Å². The highest BCUT2D eigenvalue weighted by atomic mass is 35.5. The van der Waals surface area contributed by atoms with E-state index in [1.54, 1.807) is 6.07 Å². The van der Waals surface area contributed by atoms with Crippen molar-refractivity contribution in [3.63, 3.8) is 0 Å². The number of benzene rings is 2. The minimum Gasteiger partial charge on any atom is -0.421 e. The minimum absolute atomic E-state index is 0.0454. The third-order valence-corrected chi connectivity index (χ3v) is 7.39. The van der Waals surface area contributed by atoms with Crippen molar-refractivity contribution in [3.05, 3.63) is 57.0 Å². The Kier molecular flexibility index (Phi) is 6.57. The van der Waals surface area contributed by atoms with E-state index >= 15 is 0 Å². The zero-order chi connectivity index (χ0) is 20.5. The van der Waals surface area contributed by atoms with Crippen molar-refractivity contribution in [2.45, 2.75) is 24.7 Å². The number of esters is 1. The SMILES string of the molecule is C[C@@H]1CCCN(S(=O)(=O)c2cc(C(=O)Oc3cc(Cl)ccc3Cl)ccc2Cl)C1. The maximum atomic E-state index is 13.0. The van der Waals surface area contributed by atoms with E-state index in [0.717, 1.165) is 12.8 Å². The van der Waals surface area contributed by atoms with Crippen molar-refractivity contribution in [2.75, 3.05) is 13.1 Å². The van der Waals surface area contributed by atoms with Crippen LogP contribution in [0.25, 0.3) is 0 Å². The summed E-state index contributed by atoms with van der Waals surface area (Å²) in [5, 5.41) is 0.614. The zero-order valence-electron chi connectivity index (χ0n) is 15.0. The Labute approximate surface area is 179 Å². The summed E-state index contributed by atoms with van der Waals surface area (Å²) in [7, 11) is -3.82. The molecule has 2 aromatic carbocycles. The fourth-order valence-corrected chi connectivity index (χ4v) is 5.46. The molecular formula is C19H18Cl3NO4S. The van der Waals surface area contributed by atoms with E-state index in [1.165, 1.54) is 34.6 Å². The molecular weight excluding hydrogens is 445 g/mol. The van der Waals surface area contributed by atoms with Crippen LogP contribution in [-0.2, 0) is 10.0 Å². The maximum Gasteiger partial charge on any atom is 0.343 e. The fourth-order valence-electron chi connectivity index (χ4n) is 3.05. The van der Waals surface area contributed by atoms with Crippen LogP contribution >= 0.6 is 34.8 Å². The van der Waals surface area contributed by atoms with Gasteiger partial charge >= 0.3 is 5.97 Å². The molecule has 1 saturated heterocycles. The van der Waals surface area contributed by atoms with Gasteiger partial charge < -0.3 is 4.74 Å². The third-order valence-electron chi connectivity index (χ3n) is 4.50. The highest BCUT2D eigenvalue weighted by Crippen LogP contribution is 2.31. The summed E-state index contributed by atoms with van der Waals surface area (Å²) in [6, 6.07) is 8.48. The molecule has 0 N–H and O–H groups in total. The van der Waals surface area contributed by atoms with E-state index in [2.05, 4.69) is 0 Å². The predicted molar refractivity (Wildman–Crippen MR) is 110 cm³/mol. The predicted octanol–water partition coefficient (Wildman–Crippen LogP) is 5.29. The molecule has 3 rings (SSSR count). The van der Waals surface area contributed by atoms with Crippen molar-refractivity contribution in [2.24, 2.45) is 5.92 Å². The second-order valence-electron chi connectivity index (χ2n) is 6.72. The molecule has 0 aromatic heterocycles. The average Bonchev–Trinajstić information content (AvgIpc) is 2.65. The minimum atomic E-state index is -3.82. The van der Waals surface area contributed by atoms with Crippen molar-refractivity contribution in [1.82, 2.24) is 4.31 Å². The van der Waals surface area contributed by atoms with E-state index in [9.17, 15) is 13.2 Å². The maximum absolute atomic E-state index is 13.0. The van der Waals surface area contributed by atoms with Crippen LogP contribution in [0.15, 0.2) is 41.3 Å². The monoisotopic (exact) mass is 461 g/mol. The molecule has 0 spiro atoms. The van der Waals surface area contributed by atoms with Crippen LogP contribution in [0.3, 0.4) is 0 Å². The van der Waals surface area contributed by atoms with Crippen LogP contribution in [0.4, 0.5) is 0 Å². The molecule has 1 aliphatic rings. The molecule has 1 heterocycles. The molecule has 9 heteroatoms. The van der Waals surface area contributed by atoms with Gasteiger partial charge in [0.2, 0.25) is 10.0 Å². The Morgan fingerprint density at radius 2 is 1.82 bits per heavy atom. The van der Waals surface area contributed by atoms with E-state index in [1.807, 2.05) is 6.92 Å². The van der Waals surface area contributed by atoms with Crippen molar-refractivity contribution < 1.29 is 17.9 Å². The summed E-state index contributed by atoms with van der Waals surface area (Å²) in [5.74, 6) is -0.409. The first-order valence-electron chi connectivity index (χ1n) is 8.65. The van der Waals surface area contributed by atoms with E-state index < -0.39 is 16.0 Å². The summed E-state index contributed by atoms with van der Waals surface area (Å²) in [4.78, 5) is 12.4. The quantitative estimate of drug-likeness (QED) is 0.458. The van der Waals surface area contributed by atoms with E-state index in [0.29, 0.717) is 18.1 Å². The lowest BCUT2D eigenvalue weighted by Gasteiger charge is -2.30. The van der Waals surface area contributed by atoms with Gasteiger partial charge in [0, 0.05) is 24.2 Å². The van der Waals surface area contributed by atoms with Gasteiger partial charge in [0.25, 0.3) is 0 Å². The Balaban J connectivity index is 1.90. The van der Waals surface area contributed by atoms with Gasteiger partial charge in [-0.1, -0.05) is 41.7 Å².